The molecule has 0 atom stereocenters. The third-order valence-corrected chi connectivity index (χ3v) is 5.32. The number of hydrogen-bond donors (Lipinski definition) is 1. The summed E-state index contributed by atoms with van der Waals surface area (Å²) in [6.45, 7) is 9.08. The molecule has 0 aromatic heterocycles. The van der Waals surface area contributed by atoms with E-state index < -0.39 is 8.80 Å². The van der Waals surface area contributed by atoms with Crippen molar-refractivity contribution >= 4 is 8.80 Å². The highest BCUT2D eigenvalue weighted by Gasteiger charge is 2.39. The van der Waals surface area contributed by atoms with Crippen LogP contribution in [0.15, 0.2) is 0 Å². The molecule has 2 N–H and O–H groups in total. The fourth-order valence-electron chi connectivity index (χ4n) is 1.47. The summed E-state index contributed by atoms with van der Waals surface area (Å²) >= 11 is 0. The van der Waals surface area contributed by atoms with E-state index in [0.717, 1.165) is 44.9 Å². The molecule has 0 unspecified atom stereocenters. The molecule has 0 aromatic rings. The van der Waals surface area contributed by atoms with Gasteiger partial charge in [-0.05, 0) is 25.8 Å². The third-order valence-electron chi connectivity index (χ3n) is 2.28. The van der Waals surface area contributed by atoms with Crippen molar-refractivity contribution in [2.75, 3.05) is 26.4 Å². The lowest BCUT2D eigenvalue weighted by atomic mass is 10.5. The van der Waals surface area contributed by atoms with Gasteiger partial charge in [-0.15, -0.1) is 0 Å². The molecule has 0 aliphatic heterocycles. The normalized spacial score (nSPS) is 12.0. The largest absolute Gasteiger partial charge is 0.500 e. The minimum absolute atomic E-state index is 0.649. The van der Waals surface area contributed by atoms with Gasteiger partial charge in [-0.25, -0.2) is 0 Å². The second kappa shape index (κ2) is 11.2. The van der Waals surface area contributed by atoms with E-state index in [2.05, 4.69) is 20.8 Å². The Morgan fingerprint density at radius 2 is 1.35 bits per heavy atom. The van der Waals surface area contributed by atoms with E-state index in [-0.39, 0.29) is 0 Å². The fraction of sp³-hybridized carbons (Fsp3) is 1.00. The van der Waals surface area contributed by atoms with Gasteiger partial charge in [-0.2, -0.15) is 0 Å². The van der Waals surface area contributed by atoms with Crippen molar-refractivity contribution in [2.24, 2.45) is 5.73 Å². The molecule has 5 heteroatoms. The summed E-state index contributed by atoms with van der Waals surface area (Å²) in [5.74, 6) is 0. The summed E-state index contributed by atoms with van der Waals surface area (Å²) in [5, 5.41) is 0. The average molecular weight is 263 g/mol. The van der Waals surface area contributed by atoms with E-state index in [1.165, 1.54) is 0 Å². The first-order chi connectivity index (χ1) is 8.24. The smallest absolute Gasteiger partial charge is 0.373 e. The molecule has 0 fully saturated rings. The van der Waals surface area contributed by atoms with Gasteiger partial charge in [-0.3, -0.25) is 0 Å². The summed E-state index contributed by atoms with van der Waals surface area (Å²) in [6, 6.07) is 0.900. The van der Waals surface area contributed by atoms with Crippen LogP contribution in [0.5, 0.6) is 0 Å². The van der Waals surface area contributed by atoms with Gasteiger partial charge < -0.3 is 19.0 Å². The minimum Gasteiger partial charge on any atom is -0.373 e. The van der Waals surface area contributed by atoms with Gasteiger partial charge in [0.15, 0.2) is 0 Å². The molecule has 0 saturated carbocycles. The first kappa shape index (κ1) is 17.1. The van der Waals surface area contributed by atoms with Crippen LogP contribution in [0.1, 0.15) is 46.5 Å². The Kier molecular flexibility index (Phi) is 11.2. The summed E-state index contributed by atoms with van der Waals surface area (Å²) in [4.78, 5) is 0. The van der Waals surface area contributed by atoms with Crippen molar-refractivity contribution in [3.8, 4) is 0 Å². The first-order valence-electron chi connectivity index (χ1n) is 6.86. The van der Waals surface area contributed by atoms with Gasteiger partial charge in [0.1, 0.15) is 0 Å². The molecule has 0 radical (unpaired) electrons. The molecule has 0 aliphatic rings. The summed E-state index contributed by atoms with van der Waals surface area (Å²) in [6.07, 6.45) is 3.88. The van der Waals surface area contributed by atoms with Crippen LogP contribution in [-0.4, -0.2) is 35.2 Å². The van der Waals surface area contributed by atoms with Crippen LogP contribution in [0.4, 0.5) is 0 Å². The maximum atomic E-state index is 5.93. The Hall–Kier alpha value is 0.0569. The molecule has 0 heterocycles. The standard InChI is InChI=1S/C12H29NO3Si/c1-4-9-14-17(12-6-3,15-10-5-2)16-11-7-8-13/h4-13H2,1-3H3. The van der Waals surface area contributed by atoms with Crippen LogP contribution >= 0.6 is 0 Å². The Bertz CT molecular complexity index is 162. The zero-order valence-electron chi connectivity index (χ0n) is 11.7. The minimum atomic E-state index is -2.43. The molecule has 0 rings (SSSR count). The van der Waals surface area contributed by atoms with Crippen molar-refractivity contribution in [1.29, 1.82) is 0 Å². The van der Waals surface area contributed by atoms with E-state index in [1.54, 1.807) is 0 Å². The second-order valence-corrected chi connectivity index (χ2v) is 6.85. The molecular formula is C12H29NO3Si. The van der Waals surface area contributed by atoms with Crippen LogP contribution in [0.25, 0.3) is 0 Å². The molecule has 17 heavy (non-hydrogen) atoms. The van der Waals surface area contributed by atoms with Crippen molar-refractivity contribution in [3.05, 3.63) is 0 Å². The van der Waals surface area contributed by atoms with Crippen LogP contribution in [0.2, 0.25) is 6.04 Å². The van der Waals surface area contributed by atoms with E-state index in [9.17, 15) is 0 Å². The predicted octanol–water partition coefficient (Wildman–Crippen LogP) is 2.55. The highest BCUT2D eigenvalue weighted by atomic mass is 28.4. The van der Waals surface area contributed by atoms with Crippen LogP contribution in [0, 0.1) is 0 Å². The van der Waals surface area contributed by atoms with Gasteiger partial charge in [0.2, 0.25) is 0 Å². The van der Waals surface area contributed by atoms with E-state index in [0.29, 0.717) is 13.2 Å². The maximum Gasteiger partial charge on any atom is 0.500 e. The molecule has 0 amide bonds. The average Bonchev–Trinajstić information content (AvgIpc) is 2.34. The predicted molar refractivity (Wildman–Crippen MR) is 73.0 cm³/mol. The van der Waals surface area contributed by atoms with Crippen LogP contribution in [-0.2, 0) is 13.3 Å². The monoisotopic (exact) mass is 263 g/mol. The lowest BCUT2D eigenvalue weighted by molar-refractivity contribution is 0.0587. The molecule has 0 aliphatic carbocycles. The molecule has 0 saturated heterocycles. The van der Waals surface area contributed by atoms with Crippen LogP contribution < -0.4 is 5.73 Å². The molecular weight excluding hydrogens is 234 g/mol. The second-order valence-electron chi connectivity index (χ2n) is 4.12. The topological polar surface area (TPSA) is 53.7 Å². The van der Waals surface area contributed by atoms with E-state index in [1.807, 2.05) is 0 Å². The fourth-order valence-corrected chi connectivity index (χ4v) is 4.25. The first-order valence-corrected chi connectivity index (χ1v) is 8.79. The van der Waals surface area contributed by atoms with Crippen molar-refractivity contribution in [3.63, 3.8) is 0 Å². The molecule has 0 spiro atoms. The van der Waals surface area contributed by atoms with Crippen molar-refractivity contribution in [1.82, 2.24) is 0 Å². The Labute approximate surface area is 107 Å². The van der Waals surface area contributed by atoms with Crippen molar-refractivity contribution in [2.45, 2.75) is 52.5 Å². The van der Waals surface area contributed by atoms with Gasteiger partial charge in [-0.1, -0.05) is 27.2 Å². The van der Waals surface area contributed by atoms with E-state index in [4.69, 9.17) is 19.0 Å². The van der Waals surface area contributed by atoms with Gasteiger partial charge in [0.25, 0.3) is 0 Å². The molecule has 104 valence electrons. The zero-order valence-corrected chi connectivity index (χ0v) is 12.7. The number of nitrogens with two attached hydrogens (primary N) is 1. The van der Waals surface area contributed by atoms with Crippen LogP contribution in [0.3, 0.4) is 0 Å². The number of rotatable bonds is 12. The zero-order chi connectivity index (χ0) is 13.0. The maximum absolute atomic E-state index is 5.93. The Morgan fingerprint density at radius 3 is 1.76 bits per heavy atom. The summed E-state index contributed by atoms with van der Waals surface area (Å²) < 4.78 is 17.8. The number of hydrogen-bond acceptors (Lipinski definition) is 4. The third kappa shape index (κ3) is 7.89. The summed E-state index contributed by atoms with van der Waals surface area (Å²) in [5.41, 5.74) is 5.49. The highest BCUT2D eigenvalue weighted by molar-refractivity contribution is 6.60. The Morgan fingerprint density at radius 1 is 0.824 bits per heavy atom. The quantitative estimate of drug-likeness (QED) is 0.434. The Balaban J connectivity index is 4.32. The van der Waals surface area contributed by atoms with Gasteiger partial charge in [0, 0.05) is 25.9 Å². The molecule has 0 aromatic carbocycles. The molecule has 4 nitrogen and oxygen atoms in total. The highest BCUT2D eigenvalue weighted by Crippen LogP contribution is 2.19. The lowest BCUT2D eigenvalue weighted by Crippen LogP contribution is -2.46. The van der Waals surface area contributed by atoms with Gasteiger partial charge in [0.05, 0.1) is 0 Å². The molecule has 0 bridgehead atoms. The summed E-state index contributed by atoms with van der Waals surface area (Å²) in [7, 11) is -2.43. The lowest BCUT2D eigenvalue weighted by Gasteiger charge is -2.29. The van der Waals surface area contributed by atoms with E-state index >= 15 is 0 Å². The van der Waals surface area contributed by atoms with Crippen molar-refractivity contribution < 1.29 is 13.3 Å². The SMILES string of the molecule is CCCO[Si](CCC)(OCCC)OCCCN. The van der Waals surface area contributed by atoms with Gasteiger partial charge >= 0.3 is 8.80 Å².